The van der Waals surface area contributed by atoms with Crippen LogP contribution < -0.4 is 27.0 Å². The Balaban J connectivity index is 0.970. The Labute approximate surface area is 552 Å². The summed E-state index contributed by atoms with van der Waals surface area (Å²) in [5, 5.41) is 44.7. The summed E-state index contributed by atoms with van der Waals surface area (Å²) in [5.74, 6) is -8.18. The quantitative estimate of drug-likeness (QED) is 0.0194. The SMILES string of the molecule is NCC(=O)NC(CCC(=O)NC(Cc1c(Sc2ccc(C(F)(F)F)cc2)[nH]c2ccccc12)C(=O)O)(CCC(=O)NC(Cc1c(Sc2ccc(C(F)(F)F)cc2)[nH]c2ccccc12)C(=O)O)CCC(=O)NC(Cc1c(Sc2ccc(C(F)(F)F)cc2)[nH]c2ccccc12)C(=O)O. The first-order valence-electron chi connectivity index (χ1n) is 29.4. The van der Waals surface area contributed by atoms with Crippen LogP contribution in [0.1, 0.15) is 71.9 Å². The molecule has 0 bridgehead atoms. The topological polar surface area (TPSA) is 302 Å². The molecule has 0 fully saturated rings. The van der Waals surface area contributed by atoms with Gasteiger partial charge in [-0.15, -0.1) is 0 Å². The van der Waals surface area contributed by atoms with Crippen molar-refractivity contribution in [3.63, 3.8) is 0 Å². The summed E-state index contributed by atoms with van der Waals surface area (Å²) < 4.78 is 121. The minimum atomic E-state index is -4.62. The zero-order valence-electron chi connectivity index (χ0n) is 50.1. The first kappa shape index (κ1) is 70.9. The minimum Gasteiger partial charge on any atom is -0.480 e. The predicted octanol–water partition coefficient (Wildman–Crippen LogP) is 12.5. The zero-order chi connectivity index (χ0) is 69.3. The van der Waals surface area contributed by atoms with Crippen LogP contribution in [0.2, 0.25) is 0 Å². The van der Waals surface area contributed by atoms with Gasteiger partial charge in [0.05, 0.1) is 38.3 Å². The Morgan fingerprint density at radius 2 is 0.656 bits per heavy atom. The number of fused-ring (bicyclic) bond motifs is 3. The van der Waals surface area contributed by atoms with Crippen LogP contribution in [0.25, 0.3) is 32.7 Å². The summed E-state index contributed by atoms with van der Waals surface area (Å²) >= 11 is 3.04. The molecule has 30 heteroatoms. The molecule has 0 aliphatic heterocycles. The second-order valence-corrected chi connectivity index (χ2v) is 25.6. The molecule has 18 nitrogen and oxygen atoms in total. The molecular weight excluding hydrogens is 1330 g/mol. The molecule has 0 saturated heterocycles. The molecule has 9 rings (SSSR count). The molecule has 96 heavy (non-hydrogen) atoms. The third kappa shape index (κ3) is 18.1. The highest BCUT2D eigenvalue weighted by Gasteiger charge is 2.38. The zero-order valence-corrected chi connectivity index (χ0v) is 52.5. The van der Waals surface area contributed by atoms with Gasteiger partial charge in [-0.1, -0.05) is 89.9 Å². The molecule has 0 aliphatic carbocycles. The molecule has 0 aliphatic rings. The van der Waals surface area contributed by atoms with E-state index in [1.807, 2.05) is 0 Å². The third-order valence-electron chi connectivity index (χ3n) is 15.7. The monoisotopic (exact) mass is 1390 g/mol. The van der Waals surface area contributed by atoms with Crippen molar-refractivity contribution in [2.24, 2.45) is 5.73 Å². The predicted molar refractivity (Wildman–Crippen MR) is 339 cm³/mol. The van der Waals surface area contributed by atoms with Crippen LogP contribution in [0.4, 0.5) is 39.5 Å². The maximum Gasteiger partial charge on any atom is 0.416 e. The summed E-state index contributed by atoms with van der Waals surface area (Å²) in [5.41, 5.74) is 4.03. The Morgan fingerprint density at radius 3 is 0.896 bits per heavy atom. The number of carbonyl (C=O) groups excluding carboxylic acids is 4. The number of carboxylic acid groups (broad SMARTS) is 3. The number of H-pyrrole nitrogens is 3. The number of aromatic amines is 3. The first-order chi connectivity index (χ1) is 45.4. The van der Waals surface area contributed by atoms with Crippen molar-refractivity contribution >= 4 is 110 Å². The highest BCUT2D eigenvalue weighted by atomic mass is 32.2. The molecule has 3 atom stereocenters. The highest BCUT2D eigenvalue weighted by Crippen LogP contribution is 2.41. The number of amides is 4. The Bertz CT molecular complexity index is 3910. The lowest BCUT2D eigenvalue weighted by atomic mass is 9.82. The molecule has 504 valence electrons. The lowest BCUT2D eigenvalue weighted by Crippen LogP contribution is -2.53. The maximum atomic E-state index is 14.2. The summed E-state index contributed by atoms with van der Waals surface area (Å²) in [6, 6.07) is 27.9. The second kappa shape index (κ2) is 30.1. The normalized spacial score (nSPS) is 13.6. The van der Waals surface area contributed by atoms with Gasteiger partial charge in [-0.3, -0.25) is 19.2 Å². The number of nitrogens with one attached hydrogen (secondary N) is 7. The van der Waals surface area contributed by atoms with E-state index in [-0.39, 0.29) is 19.3 Å². The smallest absolute Gasteiger partial charge is 0.416 e. The van der Waals surface area contributed by atoms with Crippen molar-refractivity contribution in [2.45, 2.75) is 130 Å². The summed E-state index contributed by atoms with van der Waals surface area (Å²) in [7, 11) is 0. The first-order valence-corrected chi connectivity index (χ1v) is 31.8. The van der Waals surface area contributed by atoms with Crippen LogP contribution in [0.15, 0.2) is 175 Å². The maximum absolute atomic E-state index is 14.2. The standard InChI is InChI=1S/C66H59F9N8O10S3/c67-64(68,69)35-13-19-38(20-14-35)94-57-44(41-7-1-4-10-47(41)80-57)31-50(60(88)89)77-53(84)25-28-63(83-56(87)34-76,29-26-54(85)78-51(61(90)91)32-45-42-8-2-5-11-48(42)81-58(45)95-39-21-15-36(16-22-39)65(70,71)72)30-27-55(86)79-52(62(92)93)33-46-43-9-3-6-12-49(43)82-59(46)96-40-23-17-37(18-24-40)66(73,74)75/h1-24,50-52,80-82H,25-34,76H2,(H,77,84)(H,78,85)(H,79,86)(H,83,87)(H,88,89)(H,90,91)(H,92,93). The van der Waals surface area contributed by atoms with Gasteiger partial charge in [0.2, 0.25) is 23.6 Å². The van der Waals surface area contributed by atoms with Gasteiger partial charge in [-0.25, -0.2) is 14.4 Å². The van der Waals surface area contributed by atoms with Crippen molar-refractivity contribution in [3.8, 4) is 0 Å². The van der Waals surface area contributed by atoms with Crippen LogP contribution >= 0.6 is 35.3 Å². The van der Waals surface area contributed by atoms with Crippen molar-refractivity contribution in [2.75, 3.05) is 6.54 Å². The van der Waals surface area contributed by atoms with E-state index in [9.17, 15) is 88.4 Å². The molecule has 0 radical (unpaired) electrons. The van der Waals surface area contributed by atoms with Crippen LogP contribution in [0.3, 0.4) is 0 Å². The van der Waals surface area contributed by atoms with Crippen molar-refractivity contribution in [3.05, 3.63) is 179 Å². The summed E-state index contributed by atoms with van der Waals surface area (Å²) in [6.45, 7) is -0.693. The number of aromatic nitrogens is 3. The van der Waals surface area contributed by atoms with Gasteiger partial charge < -0.3 is 57.3 Å². The average molecular weight is 1390 g/mol. The number of alkyl halides is 9. The number of nitrogens with two attached hydrogens (primary N) is 1. The van der Waals surface area contributed by atoms with E-state index in [0.717, 1.165) is 71.7 Å². The third-order valence-corrected chi connectivity index (χ3v) is 18.9. The van der Waals surface area contributed by atoms with E-state index >= 15 is 0 Å². The van der Waals surface area contributed by atoms with Crippen molar-refractivity contribution in [1.29, 1.82) is 0 Å². The molecule has 3 aromatic heterocycles. The van der Waals surface area contributed by atoms with Crippen molar-refractivity contribution < 1.29 is 88.4 Å². The van der Waals surface area contributed by atoms with E-state index in [4.69, 9.17) is 5.73 Å². The average Bonchev–Trinajstić information content (AvgIpc) is 1.65. The minimum absolute atomic E-state index is 0.352. The van der Waals surface area contributed by atoms with E-state index in [2.05, 4.69) is 36.2 Å². The number of aliphatic carboxylic acids is 3. The Kier molecular flexibility index (Phi) is 22.3. The van der Waals surface area contributed by atoms with E-state index in [1.54, 1.807) is 72.8 Å². The molecule has 0 spiro atoms. The number of halogens is 9. The van der Waals surface area contributed by atoms with Gasteiger partial charge in [-0.05, 0) is 127 Å². The largest absolute Gasteiger partial charge is 0.480 e. The van der Waals surface area contributed by atoms with E-state index in [0.29, 0.717) is 79.2 Å². The van der Waals surface area contributed by atoms with E-state index in [1.165, 1.54) is 36.4 Å². The van der Waals surface area contributed by atoms with Crippen LogP contribution in [-0.4, -0.2) is 102 Å². The molecule has 0 saturated carbocycles. The van der Waals surface area contributed by atoms with Crippen molar-refractivity contribution in [1.82, 2.24) is 36.2 Å². The number of carbonyl (C=O) groups is 7. The van der Waals surface area contributed by atoms with Gasteiger partial charge in [0, 0.05) is 91.5 Å². The lowest BCUT2D eigenvalue weighted by Gasteiger charge is -2.35. The van der Waals surface area contributed by atoms with Gasteiger partial charge >= 0.3 is 36.4 Å². The molecule has 9 aromatic rings. The number of para-hydroxylation sites is 3. The molecule has 3 unspecified atom stereocenters. The van der Waals surface area contributed by atoms with Gasteiger partial charge in [0.15, 0.2) is 0 Å². The highest BCUT2D eigenvalue weighted by molar-refractivity contribution is 7.99. The van der Waals surface area contributed by atoms with Gasteiger partial charge in [-0.2, -0.15) is 39.5 Å². The fourth-order valence-corrected chi connectivity index (χ4v) is 13.8. The molecule has 12 N–H and O–H groups in total. The number of carboxylic acids is 3. The number of rotatable bonds is 29. The summed E-state index contributed by atoms with van der Waals surface area (Å²) in [4.78, 5) is 106. The van der Waals surface area contributed by atoms with Crippen LogP contribution in [-0.2, 0) is 71.4 Å². The second-order valence-electron chi connectivity index (χ2n) is 22.3. The molecule has 4 amide bonds. The van der Waals surface area contributed by atoms with Crippen LogP contribution in [0.5, 0.6) is 0 Å². The Hall–Kier alpha value is -9.39. The number of hydrogen-bond donors (Lipinski definition) is 11. The number of benzene rings is 6. The van der Waals surface area contributed by atoms with Gasteiger partial charge in [0.1, 0.15) is 18.1 Å². The molecule has 3 heterocycles. The Morgan fingerprint density at radius 1 is 0.396 bits per heavy atom. The fraction of sp³-hybridized carbons (Fsp3) is 0.258. The molecule has 6 aromatic carbocycles. The fourth-order valence-electron chi connectivity index (χ4n) is 10.9. The van der Waals surface area contributed by atoms with E-state index < -0.39 is 145 Å². The molecular formula is C66H59F9N8O10S3. The number of hydrogen-bond acceptors (Lipinski definition) is 11. The van der Waals surface area contributed by atoms with Gasteiger partial charge in [0.25, 0.3) is 0 Å². The summed E-state index contributed by atoms with van der Waals surface area (Å²) in [6.07, 6.45) is -18.3. The van der Waals surface area contributed by atoms with Crippen LogP contribution in [0, 0.1) is 0 Å². The lowest BCUT2D eigenvalue weighted by molar-refractivity contribution is -0.142.